The fourth-order valence-corrected chi connectivity index (χ4v) is 5.08. The van der Waals surface area contributed by atoms with Crippen LogP contribution in [0.4, 0.5) is 0 Å². The second-order valence-corrected chi connectivity index (χ2v) is 9.05. The first kappa shape index (κ1) is 22.0. The molecule has 36 heavy (non-hydrogen) atoms. The number of ether oxygens (including phenoxy) is 1. The topological polar surface area (TPSA) is 127 Å². The quantitative estimate of drug-likeness (QED) is 0.549. The second-order valence-electron chi connectivity index (χ2n) is 9.05. The lowest BCUT2D eigenvalue weighted by molar-refractivity contribution is -0.136. The van der Waals surface area contributed by atoms with Gasteiger partial charge in [0, 0.05) is 30.6 Å². The van der Waals surface area contributed by atoms with Gasteiger partial charge in [0.25, 0.3) is 11.8 Å². The van der Waals surface area contributed by atoms with E-state index in [1.165, 1.54) is 9.58 Å². The fourth-order valence-electron chi connectivity index (χ4n) is 5.08. The van der Waals surface area contributed by atoms with E-state index in [9.17, 15) is 19.2 Å². The van der Waals surface area contributed by atoms with E-state index < -0.39 is 11.9 Å². The van der Waals surface area contributed by atoms with Gasteiger partial charge in [-0.3, -0.25) is 24.5 Å². The summed E-state index contributed by atoms with van der Waals surface area (Å²) in [5.74, 6) is -0.500. The first-order valence-electron chi connectivity index (χ1n) is 11.6. The van der Waals surface area contributed by atoms with Gasteiger partial charge >= 0.3 is 0 Å². The van der Waals surface area contributed by atoms with Crippen molar-refractivity contribution in [3.05, 3.63) is 70.5 Å². The van der Waals surface area contributed by atoms with Crippen LogP contribution >= 0.6 is 0 Å². The number of benzene rings is 2. The zero-order valence-corrected chi connectivity index (χ0v) is 19.4. The second kappa shape index (κ2) is 8.29. The summed E-state index contributed by atoms with van der Waals surface area (Å²) < 4.78 is 6.92. The van der Waals surface area contributed by atoms with E-state index in [0.29, 0.717) is 30.8 Å². The molecule has 0 aliphatic carbocycles. The Kier molecular flexibility index (Phi) is 5.06. The number of hydrogen-bond acceptors (Lipinski definition) is 7. The maximum absolute atomic E-state index is 13.1. The Morgan fingerprint density at radius 1 is 1.08 bits per heavy atom. The average Bonchev–Trinajstić information content (AvgIpc) is 3.61. The lowest BCUT2D eigenvalue weighted by Crippen LogP contribution is -2.52. The highest BCUT2D eigenvalue weighted by atomic mass is 16.5. The molecule has 1 saturated heterocycles. The number of nitrogens with one attached hydrogen (secondary N) is 1. The van der Waals surface area contributed by atoms with Gasteiger partial charge in [-0.1, -0.05) is 17.3 Å². The number of nitrogens with zero attached hydrogens (tertiary/aromatic N) is 5. The van der Waals surface area contributed by atoms with Gasteiger partial charge < -0.3 is 14.5 Å². The Balaban J connectivity index is 1.20. The maximum atomic E-state index is 13.1. The SMILES string of the molecule is COc1cccc2c1CN(C(=O)c1cn(-c3ccc4c(c3)CN(C3CCC(=O)NC3=O)C4=O)nn1)C2. The molecule has 1 aromatic heterocycles. The van der Waals surface area contributed by atoms with Crippen molar-refractivity contribution >= 4 is 23.6 Å². The number of carbonyl (C=O) groups excluding carboxylic acids is 4. The molecular weight excluding hydrogens is 464 g/mol. The Morgan fingerprint density at radius 3 is 2.75 bits per heavy atom. The molecule has 3 aliphatic rings. The summed E-state index contributed by atoms with van der Waals surface area (Å²) in [6, 6.07) is 10.3. The molecule has 1 atom stereocenters. The van der Waals surface area contributed by atoms with Crippen molar-refractivity contribution in [3.8, 4) is 11.4 Å². The number of carbonyl (C=O) groups is 4. The number of fused-ring (bicyclic) bond motifs is 2. The summed E-state index contributed by atoms with van der Waals surface area (Å²) in [5, 5.41) is 10.5. The van der Waals surface area contributed by atoms with E-state index >= 15 is 0 Å². The lowest BCUT2D eigenvalue weighted by atomic mass is 10.0. The number of rotatable bonds is 4. The molecular formula is C25H22N6O5. The summed E-state index contributed by atoms with van der Waals surface area (Å²) in [6.45, 7) is 1.15. The standard InChI is InChI=1S/C25H22N6O5/c1-36-21-4-2-3-14-10-29(12-18(14)21)25(35)19-13-31(28-27-19)16-5-6-17-15(9-16)11-30(24(17)34)20-7-8-22(32)26-23(20)33/h2-6,9,13,20H,7-8,10-12H2,1H3,(H,26,32,33). The Morgan fingerprint density at radius 2 is 1.94 bits per heavy atom. The zero-order valence-electron chi connectivity index (χ0n) is 19.4. The van der Waals surface area contributed by atoms with Gasteiger partial charge in [-0.05, 0) is 41.8 Å². The number of amides is 4. The molecule has 1 N–H and O–H groups in total. The van der Waals surface area contributed by atoms with E-state index in [1.54, 1.807) is 36.4 Å². The van der Waals surface area contributed by atoms with Crippen LogP contribution in [0.15, 0.2) is 42.6 Å². The molecule has 11 nitrogen and oxygen atoms in total. The molecule has 4 amide bonds. The third-order valence-electron chi connectivity index (χ3n) is 6.93. The minimum absolute atomic E-state index is 0.201. The number of methoxy groups -OCH3 is 1. The molecule has 1 fully saturated rings. The molecule has 6 rings (SSSR count). The Hall–Kier alpha value is -4.54. The van der Waals surface area contributed by atoms with E-state index in [2.05, 4.69) is 15.6 Å². The maximum Gasteiger partial charge on any atom is 0.276 e. The van der Waals surface area contributed by atoms with Gasteiger partial charge in [-0.2, -0.15) is 0 Å². The number of hydrogen-bond donors (Lipinski definition) is 1. The average molecular weight is 486 g/mol. The van der Waals surface area contributed by atoms with Crippen LogP contribution in [0.1, 0.15) is 50.4 Å². The summed E-state index contributed by atoms with van der Waals surface area (Å²) in [7, 11) is 1.61. The number of piperidine rings is 1. The van der Waals surface area contributed by atoms with Gasteiger partial charge in [-0.25, -0.2) is 4.68 Å². The predicted octanol–water partition coefficient (Wildman–Crippen LogP) is 1.19. The summed E-state index contributed by atoms with van der Waals surface area (Å²) in [6.07, 6.45) is 2.07. The summed E-state index contributed by atoms with van der Waals surface area (Å²) in [5.41, 5.74) is 4.13. The van der Waals surface area contributed by atoms with Crippen molar-refractivity contribution in [2.45, 2.75) is 38.5 Å². The van der Waals surface area contributed by atoms with Gasteiger partial charge in [0.15, 0.2) is 5.69 Å². The predicted molar refractivity (Wildman–Crippen MR) is 124 cm³/mol. The highest BCUT2D eigenvalue weighted by molar-refractivity contribution is 6.05. The molecule has 3 aliphatic heterocycles. The first-order valence-corrected chi connectivity index (χ1v) is 11.6. The van der Waals surface area contributed by atoms with E-state index in [-0.39, 0.29) is 36.4 Å². The Bertz CT molecular complexity index is 1450. The molecule has 0 bridgehead atoms. The van der Waals surface area contributed by atoms with Crippen molar-refractivity contribution in [2.24, 2.45) is 0 Å². The van der Waals surface area contributed by atoms with Crippen LogP contribution in [0.3, 0.4) is 0 Å². The first-order chi connectivity index (χ1) is 17.4. The minimum atomic E-state index is -0.676. The third-order valence-corrected chi connectivity index (χ3v) is 6.93. The Labute approximate surface area is 205 Å². The van der Waals surface area contributed by atoms with E-state index in [0.717, 1.165) is 22.4 Å². The van der Waals surface area contributed by atoms with Crippen LogP contribution in [-0.4, -0.2) is 61.6 Å². The minimum Gasteiger partial charge on any atom is -0.496 e. The van der Waals surface area contributed by atoms with Gasteiger partial charge in [-0.15, -0.1) is 5.10 Å². The molecule has 182 valence electrons. The lowest BCUT2D eigenvalue weighted by Gasteiger charge is -2.29. The van der Waals surface area contributed by atoms with Crippen molar-refractivity contribution < 1.29 is 23.9 Å². The normalized spacial score (nSPS) is 18.8. The van der Waals surface area contributed by atoms with Crippen LogP contribution in [-0.2, 0) is 29.2 Å². The largest absolute Gasteiger partial charge is 0.496 e. The van der Waals surface area contributed by atoms with Crippen LogP contribution in [0.5, 0.6) is 5.75 Å². The summed E-state index contributed by atoms with van der Waals surface area (Å²) in [4.78, 5) is 53.0. The fraction of sp³-hybridized carbons (Fsp3) is 0.280. The summed E-state index contributed by atoms with van der Waals surface area (Å²) >= 11 is 0. The zero-order chi connectivity index (χ0) is 25.0. The van der Waals surface area contributed by atoms with Crippen molar-refractivity contribution in [1.29, 1.82) is 0 Å². The van der Waals surface area contributed by atoms with Crippen molar-refractivity contribution in [1.82, 2.24) is 30.1 Å². The van der Waals surface area contributed by atoms with E-state index in [4.69, 9.17) is 4.74 Å². The molecule has 4 heterocycles. The molecule has 3 aromatic rings. The van der Waals surface area contributed by atoms with Crippen molar-refractivity contribution in [2.75, 3.05) is 7.11 Å². The molecule has 2 aromatic carbocycles. The van der Waals surface area contributed by atoms with E-state index in [1.807, 2.05) is 18.2 Å². The van der Waals surface area contributed by atoms with Crippen LogP contribution in [0, 0.1) is 0 Å². The smallest absolute Gasteiger partial charge is 0.276 e. The highest BCUT2D eigenvalue weighted by Gasteiger charge is 2.39. The number of imide groups is 1. The van der Waals surface area contributed by atoms with Gasteiger partial charge in [0.05, 0.1) is 25.5 Å². The molecule has 11 heteroatoms. The third kappa shape index (κ3) is 3.51. The van der Waals surface area contributed by atoms with Crippen LogP contribution in [0.2, 0.25) is 0 Å². The molecule has 0 spiro atoms. The van der Waals surface area contributed by atoms with Crippen LogP contribution < -0.4 is 10.1 Å². The molecule has 0 radical (unpaired) electrons. The highest BCUT2D eigenvalue weighted by Crippen LogP contribution is 2.32. The number of aromatic nitrogens is 3. The van der Waals surface area contributed by atoms with Crippen molar-refractivity contribution in [3.63, 3.8) is 0 Å². The molecule has 1 unspecified atom stereocenters. The van der Waals surface area contributed by atoms with Crippen LogP contribution in [0.25, 0.3) is 5.69 Å². The monoisotopic (exact) mass is 486 g/mol. The van der Waals surface area contributed by atoms with Gasteiger partial charge in [0.1, 0.15) is 11.8 Å². The molecule has 0 saturated carbocycles. The van der Waals surface area contributed by atoms with Gasteiger partial charge in [0.2, 0.25) is 11.8 Å².